The molecule has 0 saturated carbocycles. The van der Waals surface area contributed by atoms with Gasteiger partial charge in [0.1, 0.15) is 37.4 Å². The minimum absolute atomic E-state index is 0.0279. The summed E-state index contributed by atoms with van der Waals surface area (Å²) in [6, 6.07) is 7.16. The van der Waals surface area contributed by atoms with Gasteiger partial charge in [-0.25, -0.2) is 8.42 Å². The lowest BCUT2D eigenvalue weighted by molar-refractivity contribution is 0.177. The molecule has 37 heteroatoms. The molecule has 0 radical (unpaired) electrons. The summed E-state index contributed by atoms with van der Waals surface area (Å²) < 4.78 is 133. The number of nitrogens with one attached hydrogen (secondary N) is 2. The molecule has 408 valence electrons. The Bertz CT molecular complexity index is 3740. The highest BCUT2D eigenvalue weighted by Crippen LogP contribution is 2.49. The molecule has 31 nitrogen and oxygen atoms in total. The fraction of sp³-hybridized carbons (Fsp3) is 0.282. The molecule has 0 saturated heterocycles. The van der Waals surface area contributed by atoms with E-state index in [-0.39, 0.29) is 85.1 Å². The van der Waals surface area contributed by atoms with Crippen molar-refractivity contribution in [2.24, 2.45) is 20.5 Å². The largest absolute Gasteiger partial charge is 0.505 e. The number of nitrogens with two attached hydrogens (primary N) is 1. The van der Waals surface area contributed by atoms with Gasteiger partial charge in [-0.2, -0.15) is 55.2 Å². The fourth-order valence-corrected chi connectivity index (χ4v) is 9.96. The average molecular weight is 1180 g/mol. The number of aliphatic hydroxyl groups excluding tert-OH is 4. The number of sulfone groups is 1. The van der Waals surface area contributed by atoms with Gasteiger partial charge in [-0.15, -0.1) is 20.5 Å². The van der Waals surface area contributed by atoms with E-state index in [1.807, 2.05) is 0 Å². The van der Waals surface area contributed by atoms with E-state index in [0.717, 1.165) is 42.5 Å². The number of nitrogen functional groups attached to an aromatic ring is 1. The Morgan fingerprint density at radius 2 is 1.03 bits per heavy atom. The van der Waals surface area contributed by atoms with Crippen LogP contribution < -0.4 is 26.2 Å². The van der Waals surface area contributed by atoms with Crippen LogP contribution >= 0.6 is 23.2 Å². The number of benzene rings is 4. The lowest BCUT2D eigenvalue weighted by atomic mass is 10.1. The van der Waals surface area contributed by atoms with Crippen LogP contribution in [-0.4, -0.2) is 161 Å². The Morgan fingerprint density at radius 3 is 1.43 bits per heavy atom. The molecular weight excluding hydrogens is 1130 g/mol. The summed E-state index contributed by atoms with van der Waals surface area (Å²) in [7, 11) is -20.3. The van der Waals surface area contributed by atoms with Gasteiger partial charge in [-0.05, 0) is 91.0 Å². The standard InChI is InChI=1S/C39H43Cl2N15O16S4/c1-18(59)16-56(17-19(2)60)39-48-35(41)46-37(50-39)44-22-5-7-26(75(67,68)69)24(15-22)52-54-32-28(76(70,71)72)13-20-12-27(73(3,62)63)31(30(42)29(20)33(32)61)53-51-23-14-21(4-6-25(23)74(64,65)66)43-36-45-34(40)47-38(49-36)55(8-10-57)9-11-58/h4-7,12-15,18-19,57-61H,8-11,16-17,42H2,1-3H3,(H,64,65,66)(H,67,68,69)(H,70,71,72)(H,43,45,47,49)(H,44,46,48,50)/b53-51+,54-52+. The highest BCUT2D eigenvalue weighted by Gasteiger charge is 2.29. The molecule has 12 N–H and O–H groups in total. The molecule has 76 heavy (non-hydrogen) atoms. The summed E-state index contributed by atoms with van der Waals surface area (Å²) in [4.78, 5) is 23.2. The summed E-state index contributed by atoms with van der Waals surface area (Å²) in [5.74, 6) is -1.99. The van der Waals surface area contributed by atoms with E-state index >= 15 is 0 Å². The van der Waals surface area contributed by atoms with Crippen LogP contribution in [0.25, 0.3) is 10.8 Å². The summed E-state index contributed by atoms with van der Waals surface area (Å²) in [5, 5.41) is 69.5. The molecule has 0 spiro atoms. The van der Waals surface area contributed by atoms with Gasteiger partial charge in [0.25, 0.3) is 30.4 Å². The first-order valence-electron chi connectivity index (χ1n) is 21.2. The lowest BCUT2D eigenvalue weighted by Crippen LogP contribution is -2.37. The molecule has 2 unspecified atom stereocenters. The van der Waals surface area contributed by atoms with Crippen LogP contribution in [0, 0.1) is 0 Å². The van der Waals surface area contributed by atoms with Crippen molar-refractivity contribution in [1.29, 1.82) is 0 Å². The number of phenolic OH excluding ortho intramolecular Hbond substituents is 1. The fourth-order valence-electron chi connectivity index (χ4n) is 6.94. The third kappa shape index (κ3) is 14.4. The second kappa shape index (κ2) is 23.2. The minimum atomic E-state index is -5.47. The highest BCUT2D eigenvalue weighted by molar-refractivity contribution is 7.91. The first-order valence-corrected chi connectivity index (χ1v) is 28.2. The molecule has 2 heterocycles. The van der Waals surface area contributed by atoms with Gasteiger partial charge >= 0.3 is 0 Å². The number of rotatable bonds is 22. The number of phenols is 1. The molecule has 4 aromatic carbocycles. The van der Waals surface area contributed by atoms with E-state index < -0.39 is 117 Å². The topological polar surface area (TPSA) is 482 Å². The van der Waals surface area contributed by atoms with Crippen molar-refractivity contribution >= 4 is 138 Å². The van der Waals surface area contributed by atoms with Gasteiger partial charge in [0.05, 0.1) is 41.4 Å². The summed E-state index contributed by atoms with van der Waals surface area (Å²) in [6.45, 7) is 2.03. The van der Waals surface area contributed by atoms with E-state index in [4.69, 9.17) is 28.9 Å². The van der Waals surface area contributed by atoms with Gasteiger partial charge in [0.2, 0.25) is 34.4 Å². The van der Waals surface area contributed by atoms with Crippen LogP contribution in [0.4, 0.5) is 63.6 Å². The first kappa shape index (κ1) is 58.5. The highest BCUT2D eigenvalue weighted by atomic mass is 35.5. The number of aromatic nitrogens is 6. The summed E-state index contributed by atoms with van der Waals surface area (Å²) in [6.07, 6.45) is -1.18. The predicted molar refractivity (Wildman–Crippen MR) is 272 cm³/mol. The minimum Gasteiger partial charge on any atom is -0.505 e. The Kier molecular flexibility index (Phi) is 17.9. The summed E-state index contributed by atoms with van der Waals surface area (Å²) in [5.41, 5.74) is 2.08. The molecule has 2 atom stereocenters. The average Bonchev–Trinajstić information content (AvgIpc) is 3.29. The van der Waals surface area contributed by atoms with E-state index in [1.54, 1.807) is 0 Å². The summed E-state index contributed by atoms with van der Waals surface area (Å²) >= 11 is 12.3. The van der Waals surface area contributed by atoms with Crippen molar-refractivity contribution in [1.82, 2.24) is 29.9 Å². The Balaban J connectivity index is 1.49. The number of hydrogen-bond donors (Lipinski definition) is 11. The second-order valence-corrected chi connectivity index (χ2v) is 22.8. The third-order valence-electron chi connectivity index (χ3n) is 9.96. The third-order valence-corrected chi connectivity index (χ3v) is 14.1. The van der Waals surface area contributed by atoms with Crippen LogP contribution in [0.3, 0.4) is 0 Å². The Labute approximate surface area is 441 Å². The Morgan fingerprint density at radius 1 is 0.605 bits per heavy atom. The molecule has 0 aliphatic heterocycles. The van der Waals surface area contributed by atoms with Crippen molar-refractivity contribution in [3.8, 4) is 5.75 Å². The monoisotopic (exact) mass is 1180 g/mol. The number of azo groups is 2. The van der Waals surface area contributed by atoms with Gasteiger partial charge in [-0.3, -0.25) is 13.7 Å². The van der Waals surface area contributed by atoms with E-state index in [0.29, 0.717) is 12.3 Å². The molecule has 6 rings (SSSR count). The predicted octanol–water partition coefficient (Wildman–Crippen LogP) is 3.63. The van der Waals surface area contributed by atoms with Crippen LogP contribution in [0.2, 0.25) is 10.6 Å². The molecule has 2 aromatic heterocycles. The van der Waals surface area contributed by atoms with Crippen molar-refractivity contribution in [3.05, 3.63) is 59.1 Å². The number of anilines is 7. The van der Waals surface area contributed by atoms with Crippen LogP contribution in [0.5, 0.6) is 5.75 Å². The zero-order valence-corrected chi connectivity index (χ0v) is 44.0. The molecule has 6 aromatic rings. The molecular formula is C39H43Cl2N15O16S4. The van der Waals surface area contributed by atoms with Crippen molar-refractivity contribution in [2.45, 2.75) is 45.6 Å². The molecule has 0 fully saturated rings. The lowest BCUT2D eigenvalue weighted by Gasteiger charge is -2.25. The Hall–Kier alpha value is -6.74. The number of fused-ring (bicyclic) bond motifs is 1. The van der Waals surface area contributed by atoms with E-state index in [2.05, 4.69) is 61.0 Å². The maximum atomic E-state index is 13.3. The maximum Gasteiger partial charge on any atom is 0.296 e. The quantitative estimate of drug-likeness (QED) is 0.0263. The maximum absolute atomic E-state index is 13.3. The number of hydrogen-bond acceptors (Lipinski definition) is 28. The van der Waals surface area contributed by atoms with E-state index in [9.17, 15) is 72.9 Å². The van der Waals surface area contributed by atoms with Crippen molar-refractivity contribution in [2.75, 3.05) is 71.8 Å². The zero-order chi connectivity index (χ0) is 56.2. The zero-order valence-electron chi connectivity index (χ0n) is 39.2. The SMILES string of the molecule is CC(O)CN(CC(C)O)c1nc(Cl)nc(Nc2ccc(S(=O)(=O)O)c(/N=N/c3c(S(=O)(=O)O)cc4cc(S(C)(=O)=O)c(/N=N/c5cc(Nc6nc(Cl)nc(N(CCO)CCO)n6)ccc5S(=O)(=O)O)c(N)c4c3O)c2)n1. The molecule has 0 bridgehead atoms. The van der Waals surface area contributed by atoms with Gasteiger partial charge in [-0.1, -0.05) is 0 Å². The van der Waals surface area contributed by atoms with E-state index in [1.165, 1.54) is 23.6 Å². The van der Waals surface area contributed by atoms with Crippen molar-refractivity contribution in [3.63, 3.8) is 0 Å². The normalized spacial score (nSPS) is 13.4. The molecule has 0 aliphatic carbocycles. The number of halogens is 2. The first-order chi connectivity index (χ1) is 35.4. The molecule has 0 amide bonds. The van der Waals surface area contributed by atoms with Crippen LogP contribution in [0.1, 0.15) is 13.8 Å². The van der Waals surface area contributed by atoms with Crippen LogP contribution in [-0.2, 0) is 40.2 Å². The van der Waals surface area contributed by atoms with Gasteiger partial charge in [0, 0.05) is 43.8 Å². The van der Waals surface area contributed by atoms with Gasteiger partial charge in [0.15, 0.2) is 15.6 Å². The van der Waals surface area contributed by atoms with Gasteiger partial charge < -0.3 is 51.7 Å². The molecule has 0 aliphatic rings. The number of aromatic hydroxyl groups is 1. The smallest absolute Gasteiger partial charge is 0.296 e. The van der Waals surface area contributed by atoms with Crippen LogP contribution in [0.15, 0.2) is 88.6 Å². The second-order valence-electron chi connectivity index (χ2n) is 16.0. The van der Waals surface area contributed by atoms with Crippen molar-refractivity contribution < 1.29 is 72.9 Å². The number of aliphatic hydroxyl groups is 4. The number of nitrogens with zero attached hydrogens (tertiary/aromatic N) is 12.